The van der Waals surface area contributed by atoms with Gasteiger partial charge in [0.25, 0.3) is 0 Å². The van der Waals surface area contributed by atoms with Crippen molar-refractivity contribution in [2.45, 2.75) is 19.9 Å². The molecule has 0 aromatic rings. The Bertz CT molecular complexity index is 79.7. The number of piperazine rings is 1. The van der Waals surface area contributed by atoms with Gasteiger partial charge in [-0.1, -0.05) is 0 Å². The van der Waals surface area contributed by atoms with Gasteiger partial charge >= 0.3 is 0 Å². The van der Waals surface area contributed by atoms with E-state index in [2.05, 4.69) is 24.1 Å². The minimum atomic E-state index is 0. The first-order chi connectivity index (χ1) is 4.30. The van der Waals surface area contributed by atoms with Gasteiger partial charge in [0.2, 0.25) is 0 Å². The molecule has 0 aliphatic carbocycles. The number of nitrogens with zero attached hydrogens (tertiary/aromatic N) is 2. The van der Waals surface area contributed by atoms with Crippen molar-refractivity contribution in [3.05, 3.63) is 5.32 Å². The van der Waals surface area contributed by atoms with E-state index < -0.39 is 0 Å². The quantitative estimate of drug-likeness (QED) is 0.708. The molecule has 1 aliphatic rings. The van der Waals surface area contributed by atoms with E-state index in [9.17, 15) is 0 Å². The molecule has 0 N–H and O–H groups in total. The standard InChI is InChI=1S/C7H15N2.W/c1-7(2)9-5-3-8-4-6-9;/h7H,3-6H2,1-2H3;/q-1;. The van der Waals surface area contributed by atoms with Gasteiger partial charge in [-0.15, -0.1) is 13.1 Å². The van der Waals surface area contributed by atoms with Crippen LogP contribution < -0.4 is 0 Å². The molecule has 1 rings (SSSR count). The molecule has 0 amide bonds. The van der Waals surface area contributed by atoms with Gasteiger partial charge in [-0.05, 0) is 26.9 Å². The van der Waals surface area contributed by atoms with Crippen LogP contribution in [0.2, 0.25) is 0 Å². The Balaban J connectivity index is 0.000000810. The molecular formula is C7H15N2W-. The van der Waals surface area contributed by atoms with E-state index in [-0.39, 0.29) is 21.1 Å². The van der Waals surface area contributed by atoms with Crippen molar-refractivity contribution in [3.63, 3.8) is 0 Å². The molecule has 1 saturated heterocycles. The third-order valence-corrected chi connectivity index (χ3v) is 1.82. The Morgan fingerprint density at radius 1 is 1.20 bits per heavy atom. The van der Waals surface area contributed by atoms with Crippen molar-refractivity contribution >= 4 is 0 Å². The number of hydrogen-bond acceptors (Lipinski definition) is 1. The summed E-state index contributed by atoms with van der Waals surface area (Å²) in [7, 11) is 0. The zero-order chi connectivity index (χ0) is 6.69. The summed E-state index contributed by atoms with van der Waals surface area (Å²) >= 11 is 0. The molecule has 60 valence electrons. The zero-order valence-electron chi connectivity index (χ0n) is 6.71. The van der Waals surface area contributed by atoms with Crippen LogP contribution in [-0.2, 0) is 21.1 Å². The SMILES string of the molecule is CC(C)N1CC[N-]CC1.[W]. The van der Waals surface area contributed by atoms with E-state index in [1.54, 1.807) is 0 Å². The molecule has 10 heavy (non-hydrogen) atoms. The Labute approximate surface area is 77.6 Å². The first-order valence-corrected chi connectivity index (χ1v) is 3.68. The molecule has 0 bridgehead atoms. The van der Waals surface area contributed by atoms with E-state index >= 15 is 0 Å². The van der Waals surface area contributed by atoms with Gasteiger partial charge in [0, 0.05) is 27.1 Å². The molecule has 0 radical (unpaired) electrons. The summed E-state index contributed by atoms with van der Waals surface area (Å²) in [4.78, 5) is 2.47. The fourth-order valence-electron chi connectivity index (χ4n) is 1.14. The fraction of sp³-hybridized carbons (Fsp3) is 1.00. The normalized spacial score (nSPS) is 20.7. The number of rotatable bonds is 1. The van der Waals surface area contributed by atoms with E-state index in [0.29, 0.717) is 6.04 Å². The van der Waals surface area contributed by atoms with Crippen molar-refractivity contribution < 1.29 is 21.1 Å². The third kappa shape index (κ3) is 3.13. The average molecular weight is 311 g/mol. The minimum absolute atomic E-state index is 0. The topological polar surface area (TPSA) is 17.3 Å². The van der Waals surface area contributed by atoms with Gasteiger partial charge in [0.1, 0.15) is 0 Å². The maximum absolute atomic E-state index is 4.27. The molecule has 1 heterocycles. The minimum Gasteiger partial charge on any atom is -0.660 e. The van der Waals surface area contributed by atoms with Crippen LogP contribution in [0.1, 0.15) is 13.8 Å². The van der Waals surface area contributed by atoms with Gasteiger partial charge in [-0.2, -0.15) is 0 Å². The molecule has 0 aromatic heterocycles. The van der Waals surface area contributed by atoms with Crippen LogP contribution in [0.15, 0.2) is 0 Å². The first kappa shape index (κ1) is 10.6. The van der Waals surface area contributed by atoms with Crippen LogP contribution in [0.4, 0.5) is 0 Å². The van der Waals surface area contributed by atoms with E-state index in [1.807, 2.05) is 0 Å². The summed E-state index contributed by atoms with van der Waals surface area (Å²) in [6, 6.07) is 0.709. The number of hydrogen-bond donors (Lipinski definition) is 0. The van der Waals surface area contributed by atoms with Crippen molar-refractivity contribution in [2.24, 2.45) is 0 Å². The fourth-order valence-corrected chi connectivity index (χ4v) is 1.14. The summed E-state index contributed by atoms with van der Waals surface area (Å²) in [5.74, 6) is 0. The monoisotopic (exact) mass is 311 g/mol. The molecule has 1 fully saturated rings. The summed E-state index contributed by atoms with van der Waals surface area (Å²) in [6.45, 7) is 8.89. The Kier molecular flexibility index (Phi) is 5.61. The Morgan fingerprint density at radius 3 is 2.00 bits per heavy atom. The summed E-state index contributed by atoms with van der Waals surface area (Å²) in [5.41, 5.74) is 0. The largest absolute Gasteiger partial charge is 0.660 e. The second-order valence-electron chi connectivity index (χ2n) is 2.80. The van der Waals surface area contributed by atoms with Gasteiger partial charge < -0.3 is 10.2 Å². The maximum atomic E-state index is 4.27. The van der Waals surface area contributed by atoms with Crippen LogP contribution in [0, 0.1) is 0 Å². The molecule has 0 aromatic carbocycles. The molecule has 3 heteroatoms. The summed E-state index contributed by atoms with van der Waals surface area (Å²) in [5, 5.41) is 4.27. The van der Waals surface area contributed by atoms with Crippen molar-refractivity contribution in [3.8, 4) is 0 Å². The van der Waals surface area contributed by atoms with Crippen LogP contribution in [-0.4, -0.2) is 37.1 Å². The summed E-state index contributed by atoms with van der Waals surface area (Å²) in [6.07, 6.45) is 0. The molecule has 0 saturated carbocycles. The van der Waals surface area contributed by atoms with Gasteiger partial charge in [-0.25, -0.2) is 0 Å². The predicted molar refractivity (Wildman–Crippen MR) is 39.8 cm³/mol. The third-order valence-electron chi connectivity index (χ3n) is 1.82. The van der Waals surface area contributed by atoms with Crippen molar-refractivity contribution in [2.75, 3.05) is 26.2 Å². The first-order valence-electron chi connectivity index (χ1n) is 3.68. The molecule has 0 unspecified atom stereocenters. The zero-order valence-corrected chi connectivity index (χ0v) is 9.64. The van der Waals surface area contributed by atoms with E-state index in [4.69, 9.17) is 0 Å². The molecule has 2 nitrogen and oxygen atoms in total. The molecule has 1 aliphatic heterocycles. The summed E-state index contributed by atoms with van der Waals surface area (Å²) < 4.78 is 0. The van der Waals surface area contributed by atoms with Crippen LogP contribution in [0.5, 0.6) is 0 Å². The van der Waals surface area contributed by atoms with Crippen LogP contribution >= 0.6 is 0 Å². The van der Waals surface area contributed by atoms with Crippen molar-refractivity contribution in [1.82, 2.24) is 4.90 Å². The second-order valence-corrected chi connectivity index (χ2v) is 2.80. The second kappa shape index (κ2) is 5.28. The van der Waals surface area contributed by atoms with Crippen LogP contribution in [0.3, 0.4) is 0 Å². The predicted octanol–water partition coefficient (Wildman–Crippen LogP) is 1.08. The van der Waals surface area contributed by atoms with Gasteiger partial charge in [0.15, 0.2) is 0 Å². The van der Waals surface area contributed by atoms with Crippen LogP contribution in [0.25, 0.3) is 5.32 Å². The smallest absolute Gasteiger partial charge is 0.00371 e. The van der Waals surface area contributed by atoms with Gasteiger partial charge in [-0.3, -0.25) is 0 Å². The Hall–Kier alpha value is 0.608. The molecule has 0 spiro atoms. The Morgan fingerprint density at radius 2 is 1.70 bits per heavy atom. The van der Waals surface area contributed by atoms with E-state index in [0.717, 1.165) is 26.2 Å². The van der Waals surface area contributed by atoms with Gasteiger partial charge in [0.05, 0.1) is 0 Å². The molecule has 0 atom stereocenters. The van der Waals surface area contributed by atoms with E-state index in [1.165, 1.54) is 0 Å². The van der Waals surface area contributed by atoms with Crippen molar-refractivity contribution in [1.29, 1.82) is 0 Å². The average Bonchev–Trinajstić information content (AvgIpc) is 1.90. The maximum Gasteiger partial charge on any atom is 0.00371 e. The molecular weight excluding hydrogens is 296 g/mol.